The van der Waals surface area contributed by atoms with Gasteiger partial charge >= 0.3 is 0 Å². The maximum atomic E-state index is 12.4. The molecule has 1 atom stereocenters. The Morgan fingerprint density at radius 2 is 2.04 bits per heavy atom. The summed E-state index contributed by atoms with van der Waals surface area (Å²) in [5, 5.41) is 2.66. The van der Waals surface area contributed by atoms with Gasteiger partial charge in [0.2, 0.25) is 15.9 Å². The number of ether oxygens (including phenoxy) is 3. The van der Waals surface area contributed by atoms with Crippen LogP contribution in [0, 0.1) is 0 Å². The molecule has 0 radical (unpaired) electrons. The van der Waals surface area contributed by atoms with Crippen molar-refractivity contribution in [3.8, 4) is 11.5 Å². The van der Waals surface area contributed by atoms with Gasteiger partial charge < -0.3 is 19.5 Å². The number of methoxy groups -OCH3 is 2. The number of morpholine rings is 1. The molecule has 2 rings (SSSR count). The van der Waals surface area contributed by atoms with E-state index in [0.29, 0.717) is 31.3 Å². The van der Waals surface area contributed by atoms with Crippen LogP contribution in [0.25, 0.3) is 0 Å². The molecule has 1 heterocycles. The quantitative estimate of drug-likeness (QED) is 0.696. The highest BCUT2D eigenvalue weighted by atomic mass is 32.2. The zero-order valence-corrected chi connectivity index (χ0v) is 16.2. The van der Waals surface area contributed by atoms with E-state index in [1.165, 1.54) is 11.4 Å². The first-order valence-corrected chi connectivity index (χ1v) is 10.0. The van der Waals surface area contributed by atoms with Gasteiger partial charge in [-0.15, -0.1) is 0 Å². The van der Waals surface area contributed by atoms with Crippen LogP contribution in [0.15, 0.2) is 18.2 Å². The molecule has 8 nitrogen and oxygen atoms in total. The third-order valence-corrected chi connectivity index (χ3v) is 6.14. The number of amides is 1. The first-order chi connectivity index (χ1) is 12.4. The number of carbonyl (C=O) groups is 1. The number of nitrogens with zero attached hydrogens (tertiary/aromatic N) is 1. The number of sulfonamides is 1. The minimum Gasteiger partial charge on any atom is -0.493 e. The second-order valence-electron chi connectivity index (χ2n) is 6.07. The van der Waals surface area contributed by atoms with Crippen LogP contribution in [0.1, 0.15) is 12.5 Å². The zero-order valence-electron chi connectivity index (χ0n) is 15.4. The number of nitrogens with one attached hydrogen (secondary N) is 1. The van der Waals surface area contributed by atoms with E-state index in [4.69, 9.17) is 14.2 Å². The van der Waals surface area contributed by atoms with Crippen LogP contribution in [-0.2, 0) is 26.0 Å². The zero-order chi connectivity index (χ0) is 19.2. The van der Waals surface area contributed by atoms with Gasteiger partial charge in [-0.1, -0.05) is 6.07 Å². The molecule has 0 aliphatic carbocycles. The summed E-state index contributed by atoms with van der Waals surface area (Å²) in [5.74, 6) is 0.751. The molecular weight excluding hydrogens is 360 g/mol. The first-order valence-electron chi connectivity index (χ1n) is 8.42. The Kier molecular flexibility index (Phi) is 7.24. The van der Waals surface area contributed by atoms with Crippen molar-refractivity contribution in [1.82, 2.24) is 9.62 Å². The molecule has 1 N–H and O–H groups in total. The Balaban J connectivity index is 1.85. The lowest BCUT2D eigenvalue weighted by atomic mass is 10.1. The summed E-state index contributed by atoms with van der Waals surface area (Å²) in [4.78, 5) is 12.1. The molecule has 0 spiro atoms. The van der Waals surface area contributed by atoms with Crippen molar-refractivity contribution >= 4 is 15.9 Å². The molecule has 146 valence electrons. The van der Waals surface area contributed by atoms with Crippen molar-refractivity contribution in [1.29, 1.82) is 0 Å². The van der Waals surface area contributed by atoms with Crippen LogP contribution >= 0.6 is 0 Å². The Bertz CT molecular complexity index is 722. The Hall–Kier alpha value is -1.84. The van der Waals surface area contributed by atoms with Crippen LogP contribution < -0.4 is 14.8 Å². The fourth-order valence-electron chi connectivity index (χ4n) is 2.80. The van der Waals surface area contributed by atoms with Gasteiger partial charge in [-0.2, -0.15) is 4.31 Å². The van der Waals surface area contributed by atoms with E-state index >= 15 is 0 Å². The lowest BCUT2D eigenvalue weighted by Crippen LogP contribution is -2.49. The number of rotatable bonds is 8. The van der Waals surface area contributed by atoms with Crippen LogP contribution in [0.4, 0.5) is 0 Å². The van der Waals surface area contributed by atoms with E-state index in [1.54, 1.807) is 25.3 Å². The smallest absolute Gasteiger partial charge is 0.224 e. The molecule has 0 saturated carbocycles. The highest BCUT2D eigenvalue weighted by Gasteiger charge is 2.29. The predicted octanol–water partition coefficient (Wildman–Crippen LogP) is 0.413. The average Bonchev–Trinajstić information content (AvgIpc) is 2.61. The summed E-state index contributed by atoms with van der Waals surface area (Å²) >= 11 is 0. The maximum absolute atomic E-state index is 12.4. The maximum Gasteiger partial charge on any atom is 0.224 e. The van der Waals surface area contributed by atoms with Gasteiger partial charge in [-0.05, 0) is 24.6 Å². The van der Waals surface area contributed by atoms with Crippen molar-refractivity contribution in [3.63, 3.8) is 0 Å². The number of hydrogen-bond acceptors (Lipinski definition) is 6. The standard InChI is InChI=1S/C17H26N2O6S/c1-13-12-25-8-7-19(13)26(21,22)9-6-18-17(20)11-14-4-5-15(23-2)16(10-14)24-3/h4-5,10,13H,6-9,11-12H2,1-3H3,(H,18,20). The van der Waals surface area contributed by atoms with Crippen molar-refractivity contribution in [2.45, 2.75) is 19.4 Å². The molecule has 1 amide bonds. The monoisotopic (exact) mass is 386 g/mol. The molecule has 1 unspecified atom stereocenters. The molecule has 1 saturated heterocycles. The van der Waals surface area contributed by atoms with Crippen LogP contribution in [-0.4, -0.2) is 70.9 Å². The molecule has 0 bridgehead atoms. The fourth-order valence-corrected chi connectivity index (χ4v) is 4.36. The first kappa shape index (κ1) is 20.5. The third kappa shape index (κ3) is 5.33. The largest absolute Gasteiger partial charge is 0.493 e. The molecule has 1 aliphatic heterocycles. The average molecular weight is 386 g/mol. The molecule has 1 fully saturated rings. The minimum atomic E-state index is -3.42. The predicted molar refractivity (Wildman–Crippen MR) is 97.0 cm³/mol. The Labute approximate surface area is 154 Å². The van der Waals surface area contributed by atoms with Crippen molar-refractivity contribution < 1.29 is 27.4 Å². The van der Waals surface area contributed by atoms with Gasteiger partial charge in [0.05, 0.1) is 39.6 Å². The third-order valence-electron chi connectivity index (χ3n) is 4.16. The summed E-state index contributed by atoms with van der Waals surface area (Å²) in [6.45, 7) is 3.02. The topological polar surface area (TPSA) is 94.2 Å². The molecule has 1 aromatic rings. The van der Waals surface area contributed by atoms with Crippen LogP contribution in [0.2, 0.25) is 0 Å². The summed E-state index contributed by atoms with van der Waals surface area (Å²) < 4.78 is 41.8. The summed E-state index contributed by atoms with van der Waals surface area (Å²) in [6.07, 6.45) is 0.133. The molecule has 1 aromatic carbocycles. The van der Waals surface area contributed by atoms with Gasteiger partial charge in [0, 0.05) is 19.1 Å². The summed E-state index contributed by atoms with van der Waals surface area (Å²) in [5.41, 5.74) is 0.754. The lowest BCUT2D eigenvalue weighted by Gasteiger charge is -2.32. The van der Waals surface area contributed by atoms with Crippen molar-refractivity contribution in [3.05, 3.63) is 23.8 Å². The second-order valence-corrected chi connectivity index (χ2v) is 8.11. The van der Waals surface area contributed by atoms with Gasteiger partial charge in [0.1, 0.15) is 0 Å². The highest BCUT2D eigenvalue weighted by Crippen LogP contribution is 2.27. The van der Waals surface area contributed by atoms with Gasteiger partial charge in [0.25, 0.3) is 0 Å². The van der Waals surface area contributed by atoms with Crippen molar-refractivity contribution in [2.24, 2.45) is 0 Å². The fraction of sp³-hybridized carbons (Fsp3) is 0.588. The Morgan fingerprint density at radius 1 is 1.31 bits per heavy atom. The SMILES string of the molecule is COc1ccc(CC(=O)NCCS(=O)(=O)N2CCOCC2C)cc1OC. The number of hydrogen-bond donors (Lipinski definition) is 1. The second kappa shape index (κ2) is 9.20. The number of benzene rings is 1. The summed E-state index contributed by atoms with van der Waals surface area (Å²) in [7, 11) is -0.350. The normalized spacial score (nSPS) is 18.3. The van der Waals surface area contributed by atoms with Gasteiger partial charge in [0.15, 0.2) is 11.5 Å². The van der Waals surface area contributed by atoms with Gasteiger partial charge in [-0.3, -0.25) is 4.79 Å². The number of carbonyl (C=O) groups excluding carboxylic acids is 1. The highest BCUT2D eigenvalue weighted by molar-refractivity contribution is 7.89. The van der Waals surface area contributed by atoms with E-state index < -0.39 is 10.0 Å². The molecule has 0 aromatic heterocycles. The van der Waals surface area contributed by atoms with E-state index in [1.807, 2.05) is 6.92 Å². The van der Waals surface area contributed by atoms with Crippen molar-refractivity contribution in [2.75, 3.05) is 46.3 Å². The van der Waals surface area contributed by atoms with E-state index in [0.717, 1.165) is 5.56 Å². The van der Waals surface area contributed by atoms with E-state index in [9.17, 15) is 13.2 Å². The van der Waals surface area contributed by atoms with E-state index in [-0.39, 0.29) is 30.7 Å². The molecule has 1 aliphatic rings. The summed E-state index contributed by atoms with van der Waals surface area (Å²) in [6, 6.07) is 5.04. The van der Waals surface area contributed by atoms with Crippen LogP contribution in [0.3, 0.4) is 0 Å². The molecule has 26 heavy (non-hydrogen) atoms. The van der Waals surface area contributed by atoms with Gasteiger partial charge in [-0.25, -0.2) is 8.42 Å². The van der Waals surface area contributed by atoms with E-state index in [2.05, 4.69) is 5.32 Å². The lowest BCUT2D eigenvalue weighted by molar-refractivity contribution is -0.120. The van der Waals surface area contributed by atoms with Crippen LogP contribution in [0.5, 0.6) is 11.5 Å². The minimum absolute atomic E-state index is 0.0680. The molecular formula is C17H26N2O6S. The Morgan fingerprint density at radius 3 is 2.69 bits per heavy atom. The molecule has 9 heteroatoms.